The van der Waals surface area contributed by atoms with Crippen molar-refractivity contribution in [2.75, 3.05) is 19.7 Å². The zero-order valence-electron chi connectivity index (χ0n) is 14.4. The first-order valence-corrected chi connectivity index (χ1v) is 8.64. The summed E-state index contributed by atoms with van der Waals surface area (Å²) in [6.45, 7) is 9.18. The molecule has 0 bridgehead atoms. The van der Waals surface area contributed by atoms with E-state index in [1.54, 1.807) is 0 Å². The van der Waals surface area contributed by atoms with Gasteiger partial charge in [0.15, 0.2) is 0 Å². The van der Waals surface area contributed by atoms with Crippen LogP contribution in [-0.4, -0.2) is 37.2 Å². The monoisotopic (exact) mass is 316 g/mol. The largest absolute Gasteiger partial charge is 0.373 e. The van der Waals surface area contributed by atoms with Gasteiger partial charge in [-0.05, 0) is 55.5 Å². The predicted octanol–water partition coefficient (Wildman–Crippen LogP) is 2.63. The van der Waals surface area contributed by atoms with Crippen LogP contribution in [0.1, 0.15) is 56.0 Å². The van der Waals surface area contributed by atoms with Crippen LogP contribution in [0.5, 0.6) is 0 Å². The van der Waals surface area contributed by atoms with E-state index in [1.165, 1.54) is 5.56 Å². The molecule has 1 atom stereocenters. The van der Waals surface area contributed by atoms with E-state index in [-0.39, 0.29) is 23.0 Å². The molecule has 2 heterocycles. The van der Waals surface area contributed by atoms with Crippen molar-refractivity contribution in [1.82, 2.24) is 10.6 Å². The molecule has 2 fully saturated rings. The summed E-state index contributed by atoms with van der Waals surface area (Å²) in [7, 11) is 0. The summed E-state index contributed by atoms with van der Waals surface area (Å²) in [5.41, 5.74) is 2.06. The Bertz CT molecular complexity index is 554. The normalized spacial score (nSPS) is 23.9. The number of carbonyl (C=O) groups is 1. The van der Waals surface area contributed by atoms with Crippen LogP contribution in [0, 0.1) is 0 Å². The summed E-state index contributed by atoms with van der Waals surface area (Å²) < 4.78 is 6.04. The molecule has 0 saturated carbocycles. The first-order chi connectivity index (χ1) is 10.9. The number of benzene rings is 1. The third kappa shape index (κ3) is 3.75. The van der Waals surface area contributed by atoms with Gasteiger partial charge in [-0.25, -0.2) is 0 Å². The summed E-state index contributed by atoms with van der Waals surface area (Å²) >= 11 is 0. The Labute approximate surface area is 139 Å². The predicted molar refractivity (Wildman–Crippen MR) is 91.8 cm³/mol. The summed E-state index contributed by atoms with van der Waals surface area (Å²) in [6, 6.07) is 8.07. The molecule has 0 radical (unpaired) electrons. The molecule has 1 aromatic carbocycles. The fourth-order valence-corrected chi connectivity index (χ4v) is 3.56. The van der Waals surface area contributed by atoms with Gasteiger partial charge >= 0.3 is 0 Å². The van der Waals surface area contributed by atoms with Gasteiger partial charge in [0.05, 0.1) is 18.2 Å². The van der Waals surface area contributed by atoms with Crippen LogP contribution in [0.3, 0.4) is 0 Å². The van der Waals surface area contributed by atoms with Crippen molar-refractivity contribution < 1.29 is 9.53 Å². The molecule has 1 unspecified atom stereocenters. The van der Waals surface area contributed by atoms with E-state index < -0.39 is 0 Å². The van der Waals surface area contributed by atoms with Crippen LogP contribution in [-0.2, 0) is 10.2 Å². The number of hydrogen-bond donors (Lipinski definition) is 2. The highest BCUT2D eigenvalue weighted by atomic mass is 16.5. The van der Waals surface area contributed by atoms with Crippen molar-refractivity contribution in [2.45, 2.75) is 57.1 Å². The standard InChI is InChI=1S/C19H28N2O2/c1-18(2,3)15-6-4-14(5-7-15)17(22)21-16-12-19(23-13-16)8-10-20-11-9-19/h4-7,16,20H,8-13H2,1-3H3,(H,21,22). The number of rotatable bonds is 2. The number of ether oxygens (including phenoxy) is 1. The van der Waals surface area contributed by atoms with E-state index in [0.29, 0.717) is 6.61 Å². The van der Waals surface area contributed by atoms with Crippen molar-refractivity contribution in [3.63, 3.8) is 0 Å². The zero-order valence-corrected chi connectivity index (χ0v) is 14.4. The number of nitrogens with one attached hydrogen (secondary N) is 2. The van der Waals surface area contributed by atoms with Gasteiger partial charge < -0.3 is 15.4 Å². The van der Waals surface area contributed by atoms with Gasteiger partial charge in [-0.1, -0.05) is 32.9 Å². The van der Waals surface area contributed by atoms with Crippen LogP contribution in [0.15, 0.2) is 24.3 Å². The Hall–Kier alpha value is -1.39. The summed E-state index contributed by atoms with van der Waals surface area (Å²) in [4.78, 5) is 12.5. The molecule has 1 spiro atoms. The van der Waals surface area contributed by atoms with Gasteiger partial charge in [0.25, 0.3) is 5.91 Å². The molecule has 3 rings (SSSR count). The Morgan fingerprint density at radius 2 is 1.87 bits per heavy atom. The average molecular weight is 316 g/mol. The molecular formula is C19H28N2O2. The van der Waals surface area contributed by atoms with E-state index in [1.807, 2.05) is 24.3 Å². The molecule has 4 heteroatoms. The van der Waals surface area contributed by atoms with Crippen molar-refractivity contribution in [3.05, 3.63) is 35.4 Å². The smallest absolute Gasteiger partial charge is 0.251 e. The Morgan fingerprint density at radius 3 is 2.48 bits per heavy atom. The van der Waals surface area contributed by atoms with E-state index in [9.17, 15) is 4.79 Å². The minimum atomic E-state index is -0.0146. The van der Waals surface area contributed by atoms with Crippen molar-refractivity contribution in [2.24, 2.45) is 0 Å². The molecule has 2 saturated heterocycles. The van der Waals surface area contributed by atoms with E-state index >= 15 is 0 Å². The fourth-order valence-electron chi connectivity index (χ4n) is 3.56. The SMILES string of the molecule is CC(C)(C)c1ccc(C(=O)NC2COC3(CCNCC3)C2)cc1. The van der Waals surface area contributed by atoms with E-state index in [4.69, 9.17) is 4.74 Å². The Balaban J connectivity index is 1.59. The molecule has 1 aromatic rings. The van der Waals surface area contributed by atoms with E-state index in [0.717, 1.165) is 37.9 Å². The van der Waals surface area contributed by atoms with Crippen molar-refractivity contribution >= 4 is 5.91 Å². The molecule has 4 nitrogen and oxygen atoms in total. The molecule has 2 aliphatic heterocycles. The van der Waals surface area contributed by atoms with Crippen LogP contribution in [0.25, 0.3) is 0 Å². The van der Waals surface area contributed by atoms with Gasteiger partial charge in [0, 0.05) is 5.56 Å². The molecule has 0 aliphatic carbocycles. The molecule has 0 aromatic heterocycles. The Morgan fingerprint density at radius 1 is 1.22 bits per heavy atom. The lowest BCUT2D eigenvalue weighted by Gasteiger charge is -2.32. The minimum absolute atomic E-state index is 0.00467. The van der Waals surface area contributed by atoms with Crippen LogP contribution >= 0.6 is 0 Å². The van der Waals surface area contributed by atoms with Gasteiger partial charge in [-0.2, -0.15) is 0 Å². The van der Waals surface area contributed by atoms with Gasteiger partial charge in [-0.15, -0.1) is 0 Å². The number of piperidine rings is 1. The highest BCUT2D eigenvalue weighted by Gasteiger charge is 2.41. The lowest BCUT2D eigenvalue weighted by molar-refractivity contribution is -0.0194. The van der Waals surface area contributed by atoms with E-state index in [2.05, 4.69) is 31.4 Å². The zero-order chi connectivity index (χ0) is 16.5. The second-order valence-electron chi connectivity index (χ2n) is 7.95. The third-order valence-electron chi connectivity index (χ3n) is 5.07. The number of carbonyl (C=O) groups excluding carboxylic acids is 1. The summed E-state index contributed by atoms with van der Waals surface area (Å²) in [5, 5.41) is 6.51. The molecule has 2 aliphatic rings. The lowest BCUT2D eigenvalue weighted by atomic mass is 9.86. The first kappa shape index (κ1) is 16.5. The van der Waals surface area contributed by atoms with Crippen LogP contribution in [0.4, 0.5) is 0 Å². The first-order valence-electron chi connectivity index (χ1n) is 8.64. The second-order valence-corrected chi connectivity index (χ2v) is 7.95. The molecule has 2 N–H and O–H groups in total. The van der Waals surface area contributed by atoms with Crippen LogP contribution in [0.2, 0.25) is 0 Å². The number of hydrogen-bond acceptors (Lipinski definition) is 3. The average Bonchev–Trinajstić information content (AvgIpc) is 2.89. The molecule has 126 valence electrons. The highest BCUT2D eigenvalue weighted by Crippen LogP contribution is 2.34. The topological polar surface area (TPSA) is 50.4 Å². The minimum Gasteiger partial charge on any atom is -0.373 e. The summed E-state index contributed by atoms with van der Waals surface area (Å²) in [6.07, 6.45) is 3.01. The van der Waals surface area contributed by atoms with Gasteiger partial charge in [0.2, 0.25) is 0 Å². The quantitative estimate of drug-likeness (QED) is 0.882. The van der Waals surface area contributed by atoms with Gasteiger partial charge in [0.1, 0.15) is 0 Å². The highest BCUT2D eigenvalue weighted by molar-refractivity contribution is 5.94. The Kier molecular flexibility index (Phi) is 4.47. The lowest BCUT2D eigenvalue weighted by Crippen LogP contribution is -2.43. The maximum absolute atomic E-state index is 12.5. The third-order valence-corrected chi connectivity index (χ3v) is 5.07. The second kappa shape index (κ2) is 6.25. The fraction of sp³-hybridized carbons (Fsp3) is 0.632. The van der Waals surface area contributed by atoms with Gasteiger partial charge in [-0.3, -0.25) is 4.79 Å². The molecular weight excluding hydrogens is 288 g/mol. The maximum atomic E-state index is 12.5. The molecule has 1 amide bonds. The van der Waals surface area contributed by atoms with Crippen molar-refractivity contribution in [3.8, 4) is 0 Å². The van der Waals surface area contributed by atoms with Crippen LogP contribution < -0.4 is 10.6 Å². The van der Waals surface area contributed by atoms with Crippen molar-refractivity contribution in [1.29, 1.82) is 0 Å². The number of amides is 1. The summed E-state index contributed by atoms with van der Waals surface area (Å²) in [5.74, 6) is 0.00467. The maximum Gasteiger partial charge on any atom is 0.251 e. The molecule has 23 heavy (non-hydrogen) atoms.